The molecular formula is C15H25ClN4O4. The Morgan fingerprint density at radius 3 is 2.33 bits per heavy atom. The standard InChI is InChI=1S/C15H24N4O4.ClH/c1-21-13-12(14(22-2)18-10-17-13)15(20)19-7-4-11(5-8-19)23-9-3-6-16;/h10-11H,3-9,16H2,1-2H3;1H. The molecule has 0 aliphatic carbocycles. The highest BCUT2D eigenvalue weighted by atomic mass is 35.5. The molecule has 0 unspecified atom stereocenters. The zero-order chi connectivity index (χ0) is 16.7. The molecule has 8 nitrogen and oxygen atoms in total. The number of carbonyl (C=O) groups is 1. The molecule has 2 N–H and O–H groups in total. The van der Waals surface area contributed by atoms with Crippen molar-refractivity contribution in [3.05, 3.63) is 11.9 Å². The van der Waals surface area contributed by atoms with Crippen molar-refractivity contribution in [1.29, 1.82) is 0 Å². The number of piperidine rings is 1. The fourth-order valence-electron chi connectivity index (χ4n) is 2.56. The van der Waals surface area contributed by atoms with Gasteiger partial charge in [-0.3, -0.25) is 4.79 Å². The molecule has 2 rings (SSSR count). The largest absolute Gasteiger partial charge is 0.480 e. The molecule has 0 spiro atoms. The normalized spacial score (nSPS) is 14.9. The zero-order valence-electron chi connectivity index (χ0n) is 14.1. The summed E-state index contributed by atoms with van der Waals surface area (Å²) in [5.74, 6) is 0.269. The van der Waals surface area contributed by atoms with E-state index < -0.39 is 0 Å². The van der Waals surface area contributed by atoms with Gasteiger partial charge in [0.1, 0.15) is 6.33 Å². The molecule has 1 fully saturated rings. The first-order chi connectivity index (χ1) is 11.2. The van der Waals surface area contributed by atoms with Gasteiger partial charge in [-0.25, -0.2) is 9.97 Å². The smallest absolute Gasteiger partial charge is 0.264 e. The number of rotatable bonds is 7. The van der Waals surface area contributed by atoms with Crippen LogP contribution in [0.2, 0.25) is 0 Å². The molecule has 0 atom stereocenters. The lowest BCUT2D eigenvalue weighted by atomic mass is 10.1. The molecule has 136 valence electrons. The molecular weight excluding hydrogens is 336 g/mol. The van der Waals surface area contributed by atoms with Crippen LogP contribution in [0.1, 0.15) is 29.6 Å². The van der Waals surface area contributed by atoms with Crippen molar-refractivity contribution in [2.24, 2.45) is 5.73 Å². The maximum absolute atomic E-state index is 12.8. The van der Waals surface area contributed by atoms with Crippen LogP contribution in [0.25, 0.3) is 0 Å². The van der Waals surface area contributed by atoms with E-state index in [2.05, 4.69) is 9.97 Å². The van der Waals surface area contributed by atoms with Gasteiger partial charge in [0.15, 0.2) is 5.56 Å². The van der Waals surface area contributed by atoms with E-state index in [1.54, 1.807) is 4.90 Å². The van der Waals surface area contributed by atoms with Crippen molar-refractivity contribution in [2.75, 3.05) is 40.5 Å². The number of aromatic nitrogens is 2. The lowest BCUT2D eigenvalue weighted by molar-refractivity contribution is 0.00826. The van der Waals surface area contributed by atoms with Crippen LogP contribution in [0.15, 0.2) is 6.33 Å². The van der Waals surface area contributed by atoms with Gasteiger partial charge in [0.25, 0.3) is 5.91 Å². The van der Waals surface area contributed by atoms with Gasteiger partial charge in [0.05, 0.1) is 20.3 Å². The number of ether oxygens (including phenoxy) is 3. The lowest BCUT2D eigenvalue weighted by Gasteiger charge is -2.32. The predicted molar refractivity (Wildman–Crippen MR) is 90.9 cm³/mol. The first kappa shape index (κ1) is 20.4. The first-order valence-electron chi connectivity index (χ1n) is 7.75. The zero-order valence-corrected chi connectivity index (χ0v) is 14.9. The minimum atomic E-state index is -0.181. The number of nitrogens with zero attached hydrogens (tertiary/aromatic N) is 3. The highest BCUT2D eigenvalue weighted by Gasteiger charge is 2.29. The van der Waals surface area contributed by atoms with E-state index in [1.807, 2.05) is 0 Å². The van der Waals surface area contributed by atoms with E-state index >= 15 is 0 Å². The monoisotopic (exact) mass is 360 g/mol. The second-order valence-electron chi connectivity index (χ2n) is 5.27. The first-order valence-corrected chi connectivity index (χ1v) is 7.75. The summed E-state index contributed by atoms with van der Waals surface area (Å²) in [7, 11) is 2.94. The van der Waals surface area contributed by atoms with E-state index in [9.17, 15) is 4.79 Å². The van der Waals surface area contributed by atoms with Crippen molar-refractivity contribution in [2.45, 2.75) is 25.4 Å². The van der Waals surface area contributed by atoms with Gasteiger partial charge in [-0.05, 0) is 25.8 Å². The van der Waals surface area contributed by atoms with Crippen LogP contribution in [-0.4, -0.2) is 67.3 Å². The second-order valence-corrected chi connectivity index (χ2v) is 5.27. The third-order valence-electron chi connectivity index (χ3n) is 3.81. The van der Waals surface area contributed by atoms with Crippen LogP contribution in [0.3, 0.4) is 0 Å². The number of nitrogens with two attached hydrogens (primary N) is 1. The van der Waals surface area contributed by atoms with Crippen molar-refractivity contribution >= 4 is 18.3 Å². The van der Waals surface area contributed by atoms with Crippen LogP contribution in [0, 0.1) is 0 Å². The van der Waals surface area contributed by atoms with Crippen LogP contribution < -0.4 is 15.2 Å². The van der Waals surface area contributed by atoms with Gasteiger partial charge < -0.3 is 24.8 Å². The fraction of sp³-hybridized carbons (Fsp3) is 0.667. The third kappa shape index (κ3) is 4.93. The molecule has 1 aliphatic rings. The molecule has 1 aromatic heterocycles. The Balaban J connectivity index is 0.00000288. The molecule has 0 aromatic carbocycles. The molecule has 1 aliphatic heterocycles. The molecule has 1 aromatic rings. The summed E-state index contributed by atoms with van der Waals surface area (Å²) >= 11 is 0. The molecule has 9 heteroatoms. The molecule has 1 saturated heterocycles. The minimum Gasteiger partial charge on any atom is -0.480 e. The summed E-state index contributed by atoms with van der Waals surface area (Å²) in [5, 5.41) is 0. The van der Waals surface area contributed by atoms with Gasteiger partial charge >= 0.3 is 0 Å². The average Bonchev–Trinajstić information content (AvgIpc) is 2.61. The number of hydrogen-bond acceptors (Lipinski definition) is 7. The highest BCUT2D eigenvalue weighted by molar-refractivity contribution is 5.98. The Morgan fingerprint density at radius 1 is 1.25 bits per heavy atom. The van der Waals surface area contributed by atoms with Crippen LogP contribution >= 0.6 is 12.4 Å². The summed E-state index contributed by atoms with van der Waals surface area (Å²) in [4.78, 5) is 22.5. The maximum Gasteiger partial charge on any atom is 0.264 e. The third-order valence-corrected chi connectivity index (χ3v) is 3.81. The molecule has 1 amide bonds. The van der Waals surface area contributed by atoms with Crippen molar-refractivity contribution in [3.63, 3.8) is 0 Å². The lowest BCUT2D eigenvalue weighted by Crippen LogP contribution is -2.41. The number of halogens is 1. The maximum atomic E-state index is 12.8. The van der Waals surface area contributed by atoms with E-state index in [0.29, 0.717) is 26.2 Å². The molecule has 24 heavy (non-hydrogen) atoms. The Morgan fingerprint density at radius 2 is 1.83 bits per heavy atom. The fourth-order valence-corrected chi connectivity index (χ4v) is 2.56. The summed E-state index contributed by atoms with van der Waals surface area (Å²) in [6.07, 6.45) is 3.95. The Hall–Kier alpha value is -1.64. The van der Waals surface area contributed by atoms with Crippen molar-refractivity contribution < 1.29 is 19.0 Å². The summed E-state index contributed by atoms with van der Waals surface area (Å²) < 4.78 is 16.1. The quantitative estimate of drug-likeness (QED) is 0.720. The van der Waals surface area contributed by atoms with E-state index in [-0.39, 0.29) is 41.7 Å². The van der Waals surface area contributed by atoms with Gasteiger partial charge in [0, 0.05) is 19.7 Å². The van der Waals surface area contributed by atoms with Crippen molar-refractivity contribution in [3.8, 4) is 11.8 Å². The van der Waals surface area contributed by atoms with E-state index in [1.165, 1.54) is 20.5 Å². The number of methoxy groups -OCH3 is 2. The Labute approximate surface area is 148 Å². The number of carbonyl (C=O) groups excluding carboxylic acids is 1. The molecule has 2 heterocycles. The minimum absolute atomic E-state index is 0. The average molecular weight is 361 g/mol. The summed E-state index contributed by atoms with van der Waals surface area (Å²) in [5.41, 5.74) is 5.72. The Bertz CT molecular complexity index is 502. The number of hydrogen-bond donors (Lipinski definition) is 1. The van der Waals surface area contributed by atoms with E-state index in [4.69, 9.17) is 19.9 Å². The topological polar surface area (TPSA) is 99.8 Å². The Kier molecular flexibility index (Phi) is 8.73. The van der Waals surface area contributed by atoms with Crippen LogP contribution in [0.4, 0.5) is 0 Å². The SMILES string of the molecule is COc1ncnc(OC)c1C(=O)N1CCC(OCCCN)CC1.Cl. The van der Waals surface area contributed by atoms with Gasteiger partial charge in [-0.1, -0.05) is 0 Å². The van der Waals surface area contributed by atoms with E-state index in [0.717, 1.165) is 19.3 Å². The van der Waals surface area contributed by atoms with Gasteiger partial charge in [-0.15, -0.1) is 12.4 Å². The number of amides is 1. The van der Waals surface area contributed by atoms with Crippen LogP contribution in [0.5, 0.6) is 11.8 Å². The molecule has 0 radical (unpaired) electrons. The summed E-state index contributed by atoms with van der Waals surface area (Å²) in [6.45, 7) is 2.54. The number of likely N-dealkylation sites (tertiary alicyclic amines) is 1. The predicted octanol–water partition coefficient (Wildman–Crippen LogP) is 0.886. The van der Waals surface area contributed by atoms with Gasteiger partial charge in [-0.2, -0.15) is 0 Å². The second kappa shape index (κ2) is 10.3. The molecule has 0 saturated carbocycles. The summed E-state index contributed by atoms with van der Waals surface area (Å²) in [6, 6.07) is 0. The van der Waals surface area contributed by atoms with Gasteiger partial charge in [0.2, 0.25) is 11.8 Å². The molecule has 0 bridgehead atoms. The van der Waals surface area contributed by atoms with Crippen LogP contribution in [-0.2, 0) is 4.74 Å². The van der Waals surface area contributed by atoms with Crippen molar-refractivity contribution in [1.82, 2.24) is 14.9 Å². The highest BCUT2D eigenvalue weighted by Crippen LogP contribution is 2.26.